The molecule has 186 valence electrons. The van der Waals surface area contributed by atoms with Gasteiger partial charge in [-0.3, -0.25) is 4.18 Å². The molecule has 0 aliphatic heterocycles. The molecule has 0 fully saturated rings. The number of unbranched alkanes of at least 4 members (excludes halogenated alkanes) is 9. The number of aromatic nitrogens is 3. The summed E-state index contributed by atoms with van der Waals surface area (Å²) in [4.78, 5) is 9.54. The van der Waals surface area contributed by atoms with Crippen molar-refractivity contribution < 1.29 is 17.2 Å². The molecule has 2 aromatic heterocycles. The van der Waals surface area contributed by atoms with Gasteiger partial charge < -0.3 is 5.73 Å². The van der Waals surface area contributed by atoms with Gasteiger partial charge >= 0.3 is 0 Å². The lowest BCUT2D eigenvalue weighted by Crippen LogP contribution is -2.35. The molecule has 0 aliphatic rings. The van der Waals surface area contributed by atoms with Crippen molar-refractivity contribution in [3.05, 3.63) is 33.7 Å². The lowest BCUT2D eigenvalue weighted by molar-refractivity contribution is -0.689. The molecule has 0 saturated heterocycles. The maximum Gasteiger partial charge on any atom is 0.267 e. The molecule has 0 aliphatic carbocycles. The summed E-state index contributed by atoms with van der Waals surface area (Å²) < 4.78 is 31.7. The van der Waals surface area contributed by atoms with Crippen molar-refractivity contribution in [3.8, 4) is 0 Å². The van der Waals surface area contributed by atoms with E-state index in [9.17, 15) is 8.42 Å². The lowest BCUT2D eigenvalue weighted by Gasteiger charge is -2.05. The second kappa shape index (κ2) is 14.6. The SMILES string of the molecule is CCCCCCCCCCCCS(=O)(=O)OCCc1sc[n+](Cc2cnc(C)nc2N)c1C. The third-order valence-corrected chi connectivity index (χ3v) is 8.31. The fourth-order valence-electron chi connectivity index (χ4n) is 3.75. The van der Waals surface area contributed by atoms with E-state index in [1.165, 1.54) is 44.9 Å². The lowest BCUT2D eigenvalue weighted by atomic mass is 10.1. The molecule has 0 spiro atoms. The van der Waals surface area contributed by atoms with E-state index in [0.29, 0.717) is 31.0 Å². The molecule has 0 unspecified atom stereocenters. The van der Waals surface area contributed by atoms with Gasteiger partial charge in [0.1, 0.15) is 11.6 Å². The van der Waals surface area contributed by atoms with E-state index in [0.717, 1.165) is 29.0 Å². The summed E-state index contributed by atoms with van der Waals surface area (Å²) in [5.41, 5.74) is 9.97. The molecule has 2 heterocycles. The van der Waals surface area contributed by atoms with E-state index >= 15 is 0 Å². The maximum absolute atomic E-state index is 12.2. The zero-order valence-electron chi connectivity index (χ0n) is 20.5. The van der Waals surface area contributed by atoms with Crippen molar-refractivity contribution in [2.45, 2.75) is 97.9 Å². The third kappa shape index (κ3) is 10.5. The van der Waals surface area contributed by atoms with Crippen LogP contribution in [0.5, 0.6) is 0 Å². The van der Waals surface area contributed by atoms with E-state index in [4.69, 9.17) is 9.92 Å². The van der Waals surface area contributed by atoms with Crippen LogP contribution in [0.4, 0.5) is 5.82 Å². The van der Waals surface area contributed by atoms with Crippen LogP contribution in [0.3, 0.4) is 0 Å². The standard InChI is InChI=1S/C24H41N4O3S2/c1-4-5-6-7-8-9-10-11-12-13-16-33(29,30)31-15-14-23-20(2)28(19-32-23)18-22-17-26-21(3)27-24(22)25/h17,19H,4-16,18H2,1-3H3,(H2,25,26,27)/q+1. The molecule has 0 saturated carbocycles. The van der Waals surface area contributed by atoms with Crippen LogP contribution in [0.25, 0.3) is 0 Å². The highest BCUT2D eigenvalue weighted by molar-refractivity contribution is 7.86. The number of hydrogen-bond donors (Lipinski definition) is 1. The smallest absolute Gasteiger partial charge is 0.267 e. The molecule has 2 rings (SSSR count). The molecule has 0 radical (unpaired) electrons. The Labute approximate surface area is 203 Å². The Kier molecular flexibility index (Phi) is 12.3. The summed E-state index contributed by atoms with van der Waals surface area (Å²) in [5.74, 6) is 1.25. The summed E-state index contributed by atoms with van der Waals surface area (Å²) in [5, 5.41) is 0. The van der Waals surface area contributed by atoms with Gasteiger partial charge in [0, 0.05) is 19.5 Å². The van der Waals surface area contributed by atoms with Crippen LogP contribution in [-0.2, 0) is 27.3 Å². The minimum atomic E-state index is -3.46. The van der Waals surface area contributed by atoms with Gasteiger partial charge in [-0.15, -0.1) is 0 Å². The first-order valence-electron chi connectivity index (χ1n) is 12.2. The second-order valence-electron chi connectivity index (χ2n) is 8.70. The number of thiazole rings is 1. The van der Waals surface area contributed by atoms with Crippen LogP contribution in [0, 0.1) is 13.8 Å². The van der Waals surface area contributed by atoms with Gasteiger partial charge in [-0.25, -0.2) is 9.97 Å². The van der Waals surface area contributed by atoms with E-state index in [-0.39, 0.29) is 12.4 Å². The first kappa shape index (κ1) is 27.7. The van der Waals surface area contributed by atoms with E-state index in [2.05, 4.69) is 21.5 Å². The predicted octanol–water partition coefficient (Wildman–Crippen LogP) is 4.88. The fraction of sp³-hybridized carbons (Fsp3) is 0.708. The molecule has 0 amide bonds. The zero-order chi connectivity index (χ0) is 24.1. The van der Waals surface area contributed by atoms with Crippen molar-refractivity contribution in [2.75, 3.05) is 18.1 Å². The molecule has 0 atom stereocenters. The van der Waals surface area contributed by atoms with Crippen molar-refractivity contribution in [1.29, 1.82) is 0 Å². The molecule has 2 N–H and O–H groups in total. The minimum absolute atomic E-state index is 0.111. The van der Waals surface area contributed by atoms with Gasteiger partial charge in [-0.1, -0.05) is 76.0 Å². The Hall–Kier alpha value is -1.58. The number of anilines is 1. The van der Waals surface area contributed by atoms with Crippen LogP contribution < -0.4 is 10.3 Å². The normalized spacial score (nSPS) is 11.8. The summed E-state index contributed by atoms with van der Waals surface area (Å²) in [6, 6.07) is 0. The van der Waals surface area contributed by atoms with Crippen LogP contribution in [0.1, 0.15) is 93.1 Å². The molecule has 9 heteroatoms. The Balaban J connectivity index is 1.65. The van der Waals surface area contributed by atoms with Gasteiger partial charge in [0.2, 0.25) is 5.51 Å². The summed E-state index contributed by atoms with van der Waals surface area (Å²) >= 11 is 1.60. The highest BCUT2D eigenvalue weighted by Gasteiger charge is 2.19. The minimum Gasteiger partial charge on any atom is -0.383 e. The van der Waals surface area contributed by atoms with Crippen LogP contribution in [0.15, 0.2) is 11.7 Å². The first-order chi connectivity index (χ1) is 15.8. The zero-order valence-corrected chi connectivity index (χ0v) is 22.1. The maximum atomic E-state index is 12.2. The van der Waals surface area contributed by atoms with Crippen LogP contribution in [0.2, 0.25) is 0 Å². The fourth-order valence-corrected chi connectivity index (χ4v) is 5.74. The van der Waals surface area contributed by atoms with Crippen LogP contribution in [-0.4, -0.2) is 30.7 Å². The monoisotopic (exact) mass is 497 g/mol. The molecular weight excluding hydrogens is 456 g/mol. The topological polar surface area (TPSA) is 99.0 Å². The first-order valence-corrected chi connectivity index (χ1v) is 14.7. The highest BCUT2D eigenvalue weighted by Crippen LogP contribution is 2.15. The van der Waals surface area contributed by atoms with E-state index < -0.39 is 10.1 Å². The van der Waals surface area contributed by atoms with Crippen molar-refractivity contribution in [2.24, 2.45) is 0 Å². The highest BCUT2D eigenvalue weighted by atomic mass is 32.2. The largest absolute Gasteiger partial charge is 0.383 e. The average molecular weight is 498 g/mol. The van der Waals surface area contributed by atoms with Crippen molar-refractivity contribution >= 4 is 27.3 Å². The third-order valence-electron chi connectivity index (χ3n) is 5.86. The summed E-state index contributed by atoms with van der Waals surface area (Å²) in [6.07, 6.45) is 14.1. The Morgan fingerprint density at radius 2 is 1.67 bits per heavy atom. The van der Waals surface area contributed by atoms with E-state index in [1.807, 2.05) is 19.4 Å². The molecule has 7 nitrogen and oxygen atoms in total. The molecular formula is C24H41N4O3S2+. The Morgan fingerprint density at radius 3 is 2.30 bits per heavy atom. The summed E-state index contributed by atoms with van der Waals surface area (Å²) in [6.45, 7) is 6.83. The Bertz CT molecular complexity index is 945. The molecule has 0 aromatic carbocycles. The number of nitrogens with two attached hydrogens (primary N) is 1. The quantitative estimate of drug-likeness (QED) is 0.190. The van der Waals surface area contributed by atoms with Crippen molar-refractivity contribution in [1.82, 2.24) is 9.97 Å². The Morgan fingerprint density at radius 1 is 1.03 bits per heavy atom. The number of rotatable bonds is 17. The number of nitrogens with zero attached hydrogens (tertiary/aromatic N) is 3. The number of hydrogen-bond acceptors (Lipinski definition) is 7. The number of aryl methyl sites for hydroxylation is 1. The molecule has 2 aromatic rings. The summed E-state index contributed by atoms with van der Waals surface area (Å²) in [7, 11) is -3.46. The van der Waals surface area contributed by atoms with Gasteiger partial charge in [-0.2, -0.15) is 13.0 Å². The number of nitrogen functional groups attached to an aromatic ring is 1. The van der Waals surface area contributed by atoms with Gasteiger partial charge in [0.25, 0.3) is 10.1 Å². The average Bonchev–Trinajstić information content (AvgIpc) is 3.10. The van der Waals surface area contributed by atoms with E-state index in [1.54, 1.807) is 17.5 Å². The van der Waals surface area contributed by atoms with Gasteiger partial charge in [0.05, 0.1) is 22.8 Å². The predicted molar refractivity (Wildman–Crippen MR) is 135 cm³/mol. The second-order valence-corrected chi connectivity index (χ2v) is 11.4. The van der Waals surface area contributed by atoms with Gasteiger partial charge in [-0.05, 0) is 13.3 Å². The molecule has 33 heavy (non-hydrogen) atoms. The van der Waals surface area contributed by atoms with Crippen LogP contribution >= 0.6 is 11.3 Å². The van der Waals surface area contributed by atoms with Crippen molar-refractivity contribution in [3.63, 3.8) is 0 Å². The molecule has 0 bridgehead atoms. The van der Waals surface area contributed by atoms with Gasteiger partial charge in [0.15, 0.2) is 12.2 Å².